The maximum atomic E-state index is 15.8. The summed E-state index contributed by atoms with van der Waals surface area (Å²) >= 11 is 0. The van der Waals surface area contributed by atoms with Crippen molar-refractivity contribution in [3.05, 3.63) is 77.1 Å². The molecule has 3 aromatic rings. The highest BCUT2D eigenvalue weighted by Gasteiger charge is 2.47. The SMILES string of the molecule is CN[C@@H](C)C(=O)N[C@H](C(=O)N1CC(CNC(=O)CN2CC[C@]3(CCN(CCOCCNc4cc(N5CCC6(CC5)CN(c5cc(F)c(CN7CCC(C)(C)CC7)cc5F)CC(=O)N6)ncn4)C3)C2)C[C@H]1C(=O)N[C@H]1CCCc2ccccc21)C1CCCCC1. The van der Waals surface area contributed by atoms with Gasteiger partial charge in [0.1, 0.15) is 41.7 Å². The minimum atomic E-state index is -0.730. The van der Waals surface area contributed by atoms with E-state index in [4.69, 9.17) is 4.74 Å². The molecule has 1 aromatic heterocycles. The van der Waals surface area contributed by atoms with Gasteiger partial charge in [-0.05, 0) is 157 Å². The van der Waals surface area contributed by atoms with Gasteiger partial charge >= 0.3 is 0 Å². The summed E-state index contributed by atoms with van der Waals surface area (Å²) in [7, 11) is 1.73. The van der Waals surface area contributed by atoms with Crippen LogP contribution in [0.4, 0.5) is 26.1 Å². The maximum Gasteiger partial charge on any atom is 0.246 e. The lowest BCUT2D eigenvalue weighted by atomic mass is 9.82. The molecule has 22 heteroatoms. The Bertz CT molecular complexity index is 2970. The van der Waals surface area contributed by atoms with Crippen LogP contribution in [-0.2, 0) is 41.7 Å². The number of nitrogens with zero attached hydrogens (tertiary/aromatic N) is 8. The van der Waals surface area contributed by atoms with E-state index in [0.29, 0.717) is 96.2 Å². The summed E-state index contributed by atoms with van der Waals surface area (Å²) in [4.78, 5) is 91.1. The van der Waals surface area contributed by atoms with Gasteiger partial charge in [0.05, 0.1) is 49.6 Å². The third-order valence-corrected chi connectivity index (χ3v) is 21.3. The van der Waals surface area contributed by atoms with Crippen molar-refractivity contribution in [1.29, 1.82) is 0 Å². The van der Waals surface area contributed by atoms with Crippen molar-refractivity contribution in [2.75, 3.05) is 134 Å². The second kappa shape index (κ2) is 28.6. The minimum Gasteiger partial charge on any atom is -0.378 e. The van der Waals surface area contributed by atoms with Crippen LogP contribution in [0.3, 0.4) is 0 Å². The van der Waals surface area contributed by atoms with Crippen LogP contribution in [-0.4, -0.2) is 201 Å². The second-order valence-electron chi connectivity index (χ2n) is 28.3. The average Bonchev–Trinajstić information content (AvgIpc) is 2.77. The Morgan fingerprint density at radius 1 is 0.820 bits per heavy atom. The number of carbonyl (C=O) groups is 5. The van der Waals surface area contributed by atoms with Crippen molar-refractivity contribution >= 4 is 46.9 Å². The zero-order valence-corrected chi connectivity index (χ0v) is 53.2. The van der Waals surface area contributed by atoms with Crippen molar-refractivity contribution < 1.29 is 37.5 Å². The fraction of sp³-hybridized carbons (Fsp3) is 0.687. The van der Waals surface area contributed by atoms with Crippen LogP contribution in [0.15, 0.2) is 48.8 Å². The third kappa shape index (κ3) is 16.0. The van der Waals surface area contributed by atoms with Crippen molar-refractivity contribution in [1.82, 2.24) is 56.2 Å². The third-order valence-electron chi connectivity index (χ3n) is 21.3. The molecular formula is C67H98F2N14O6. The maximum absolute atomic E-state index is 15.8. The van der Waals surface area contributed by atoms with Gasteiger partial charge in [-0.2, -0.15) is 0 Å². The molecule has 11 rings (SSSR count). The zero-order valence-electron chi connectivity index (χ0n) is 53.2. The summed E-state index contributed by atoms with van der Waals surface area (Å²) < 4.78 is 37.5. The molecule has 7 fully saturated rings. The summed E-state index contributed by atoms with van der Waals surface area (Å²) in [5, 5.41) is 19.3. The number of anilines is 3. The Morgan fingerprint density at radius 2 is 1.57 bits per heavy atom. The van der Waals surface area contributed by atoms with E-state index in [9.17, 15) is 24.0 Å². The monoisotopic (exact) mass is 1230 g/mol. The highest BCUT2D eigenvalue weighted by Crippen LogP contribution is 2.40. The number of hydrogen-bond acceptors (Lipinski definition) is 15. The molecule has 5 amide bonds. The molecule has 486 valence electrons. The summed E-state index contributed by atoms with van der Waals surface area (Å²) in [5.41, 5.74) is 2.66. The van der Waals surface area contributed by atoms with Gasteiger partial charge in [0.2, 0.25) is 29.5 Å². The fourth-order valence-electron chi connectivity index (χ4n) is 15.7. The number of aromatic nitrogens is 2. The summed E-state index contributed by atoms with van der Waals surface area (Å²) in [6.07, 6.45) is 14.9. The molecule has 6 saturated heterocycles. The Kier molecular flexibility index (Phi) is 20.7. The highest BCUT2D eigenvalue weighted by atomic mass is 19.1. The van der Waals surface area contributed by atoms with Gasteiger partial charge in [-0.25, -0.2) is 18.7 Å². The number of halogens is 2. The number of benzene rings is 2. The molecule has 2 aliphatic carbocycles. The molecule has 89 heavy (non-hydrogen) atoms. The van der Waals surface area contributed by atoms with Crippen LogP contribution in [0.5, 0.6) is 0 Å². The molecular weight excluding hydrogens is 1130 g/mol. The van der Waals surface area contributed by atoms with E-state index >= 15 is 8.78 Å². The van der Waals surface area contributed by atoms with E-state index < -0.39 is 35.3 Å². The Labute approximate surface area is 525 Å². The van der Waals surface area contributed by atoms with Gasteiger partial charge in [0, 0.05) is 83.1 Å². The lowest BCUT2D eigenvalue weighted by Crippen LogP contribution is -2.66. The fourth-order valence-corrected chi connectivity index (χ4v) is 15.7. The number of likely N-dealkylation sites (N-methyl/N-ethyl adjacent to an activating group) is 1. The van der Waals surface area contributed by atoms with E-state index in [1.165, 1.54) is 17.7 Å². The number of hydrogen-bond donors (Lipinski definition) is 6. The Balaban J connectivity index is 0.598. The largest absolute Gasteiger partial charge is 0.378 e. The topological polar surface area (TPSA) is 212 Å². The molecule has 2 aromatic carbocycles. The quantitative estimate of drug-likeness (QED) is 0.0698. The van der Waals surface area contributed by atoms with Crippen LogP contribution in [0.1, 0.15) is 133 Å². The van der Waals surface area contributed by atoms with Gasteiger partial charge < -0.3 is 56.2 Å². The number of amides is 5. The first-order chi connectivity index (χ1) is 42.9. The van der Waals surface area contributed by atoms with E-state index in [2.05, 4.69) is 87.4 Å². The van der Waals surface area contributed by atoms with E-state index in [1.54, 1.807) is 30.1 Å². The first kappa shape index (κ1) is 64.5. The number of aryl methyl sites for hydroxylation is 1. The number of rotatable bonds is 22. The highest BCUT2D eigenvalue weighted by molar-refractivity contribution is 5.94. The molecule has 1 saturated carbocycles. The second-order valence-corrected chi connectivity index (χ2v) is 28.3. The molecule has 2 spiro atoms. The lowest BCUT2D eigenvalue weighted by molar-refractivity contribution is -0.143. The number of fused-ring (bicyclic) bond motifs is 1. The van der Waals surface area contributed by atoms with Crippen molar-refractivity contribution in [2.24, 2.45) is 22.7 Å². The lowest BCUT2D eigenvalue weighted by Gasteiger charge is -2.48. The van der Waals surface area contributed by atoms with Gasteiger partial charge in [-0.3, -0.25) is 33.8 Å². The molecule has 6 N–H and O–H groups in total. The van der Waals surface area contributed by atoms with Crippen LogP contribution in [0.25, 0.3) is 0 Å². The minimum absolute atomic E-state index is 0.0126. The van der Waals surface area contributed by atoms with Crippen molar-refractivity contribution in [3.8, 4) is 0 Å². The van der Waals surface area contributed by atoms with Gasteiger partial charge in [-0.15, -0.1) is 0 Å². The molecule has 0 bridgehead atoms. The predicted molar refractivity (Wildman–Crippen MR) is 339 cm³/mol. The van der Waals surface area contributed by atoms with Crippen LogP contribution >= 0.6 is 0 Å². The number of carbonyl (C=O) groups excluding carboxylic acids is 5. The Morgan fingerprint density at radius 3 is 2.36 bits per heavy atom. The smallest absolute Gasteiger partial charge is 0.246 e. The number of piperazine rings is 1. The number of likely N-dealkylation sites (tertiary alicyclic amines) is 4. The summed E-state index contributed by atoms with van der Waals surface area (Å²) in [6, 6.07) is 10.7. The number of ether oxygens (including phenoxy) is 1. The molecule has 8 aliphatic rings. The molecule has 6 aliphatic heterocycles. The standard InChI is InChI=1S/C67H98F2N14O6/c1-46(70-4)62(86)76-61(49-12-6-5-7-13-49)64(88)83-38-47(33-56(83)63(87)75-54-16-10-14-48-11-8-9-15-51(48)54)37-72-59(84)40-80-27-20-66(43-80)19-26-79(42-66)30-32-89-31-23-71-57-36-58(74-45-73-57)81-28-21-67(22-29-81)44-82(41-60(85)77-67)55-35-52(68)50(34-53(55)69)39-78-24-17-65(2,3)18-25-78/h8-9,11,15,34-36,45-47,49,54,56,61,70H,5-7,10,12-14,16-33,37-44H2,1-4H3,(H,72,84)(H,75,87)(H,76,86)(H,77,85)(H,71,73,74)/t46-,47?,54-,56-,61-,66-/m0/s1. The molecule has 6 atom stereocenters. The molecule has 7 heterocycles. The summed E-state index contributed by atoms with van der Waals surface area (Å²) in [6.45, 7) is 17.1. The van der Waals surface area contributed by atoms with Gasteiger partial charge in [0.15, 0.2) is 0 Å². The van der Waals surface area contributed by atoms with Gasteiger partial charge in [-0.1, -0.05) is 57.4 Å². The molecule has 0 radical (unpaired) electrons. The Hall–Kier alpha value is -6.07. The molecule has 20 nitrogen and oxygen atoms in total. The van der Waals surface area contributed by atoms with Crippen molar-refractivity contribution in [3.63, 3.8) is 0 Å². The normalized spacial score (nSPS) is 25.6. The zero-order chi connectivity index (χ0) is 62.3. The van der Waals surface area contributed by atoms with Crippen LogP contribution < -0.4 is 41.7 Å². The average molecular weight is 1230 g/mol. The van der Waals surface area contributed by atoms with Crippen molar-refractivity contribution in [2.45, 2.75) is 153 Å². The first-order valence-corrected chi connectivity index (χ1v) is 33.4. The number of piperidine rings is 2. The van der Waals surface area contributed by atoms with Crippen LogP contribution in [0.2, 0.25) is 0 Å². The summed E-state index contributed by atoms with van der Waals surface area (Å²) in [5.74, 6) is -0.492. The van der Waals surface area contributed by atoms with Gasteiger partial charge in [0.25, 0.3) is 0 Å². The van der Waals surface area contributed by atoms with Crippen LogP contribution in [0, 0.1) is 34.3 Å². The van der Waals surface area contributed by atoms with E-state index in [-0.39, 0.29) is 70.5 Å². The predicted octanol–water partition coefficient (Wildman–Crippen LogP) is 5.38. The first-order valence-electron chi connectivity index (χ1n) is 33.4. The molecule has 1 unspecified atom stereocenters. The van der Waals surface area contributed by atoms with E-state index in [0.717, 1.165) is 134 Å². The number of nitrogens with one attached hydrogen (secondary N) is 6. The van der Waals surface area contributed by atoms with E-state index in [1.807, 2.05) is 18.2 Å².